The van der Waals surface area contributed by atoms with Gasteiger partial charge in [-0.2, -0.15) is 0 Å². The SMILES string of the molecule is CCCCC/C=C\C/C=C\C/C=C\CCCCCCCCCCCCCCCCC(=O)NC(COP(=O)([O-])OCC[N+](C)(C)C)C(/C=C\CCCCCCCCCCC)OC(=O)CCCCCCCCCCCCC/C=C\C/C=C\CCCCC. The highest BCUT2D eigenvalue weighted by molar-refractivity contribution is 7.45. The first-order valence-electron chi connectivity index (χ1n) is 36.2. The number of quaternary nitrogens is 1. The van der Waals surface area contributed by atoms with Crippen molar-refractivity contribution in [1.29, 1.82) is 0 Å². The highest BCUT2D eigenvalue weighted by atomic mass is 31.2. The zero-order valence-corrected chi connectivity index (χ0v) is 57.7. The number of phosphoric ester groups is 1. The third-order valence-electron chi connectivity index (χ3n) is 16.1. The number of amides is 1. The first kappa shape index (κ1) is 82.5. The molecule has 3 atom stereocenters. The molecule has 0 bridgehead atoms. The Balaban J connectivity index is 4.97. The summed E-state index contributed by atoms with van der Waals surface area (Å²) >= 11 is 0. The van der Waals surface area contributed by atoms with Gasteiger partial charge in [0.05, 0.1) is 33.8 Å². The topological polar surface area (TPSA) is 114 Å². The molecule has 10 heteroatoms. The molecule has 496 valence electrons. The molecule has 0 heterocycles. The molecule has 0 aromatic heterocycles. The van der Waals surface area contributed by atoms with E-state index in [0.717, 1.165) is 77.0 Å². The van der Waals surface area contributed by atoms with Gasteiger partial charge in [-0.25, -0.2) is 0 Å². The van der Waals surface area contributed by atoms with Crippen LogP contribution < -0.4 is 10.2 Å². The van der Waals surface area contributed by atoms with Crippen molar-refractivity contribution in [2.75, 3.05) is 40.9 Å². The van der Waals surface area contributed by atoms with Gasteiger partial charge in [-0.3, -0.25) is 14.2 Å². The fraction of sp³-hybridized carbons (Fsp3) is 0.813. The van der Waals surface area contributed by atoms with Gasteiger partial charge in [-0.1, -0.05) is 299 Å². The first-order valence-corrected chi connectivity index (χ1v) is 37.7. The van der Waals surface area contributed by atoms with Crippen LogP contribution in [0.15, 0.2) is 72.9 Å². The number of nitrogens with one attached hydrogen (secondary N) is 1. The molecule has 0 aromatic carbocycles. The minimum Gasteiger partial charge on any atom is -0.756 e. The van der Waals surface area contributed by atoms with E-state index >= 15 is 0 Å². The van der Waals surface area contributed by atoms with Crippen molar-refractivity contribution in [3.05, 3.63) is 72.9 Å². The lowest BCUT2D eigenvalue weighted by Crippen LogP contribution is -2.47. The number of carbonyl (C=O) groups excluding carboxylic acids is 2. The zero-order valence-electron chi connectivity index (χ0n) is 56.8. The number of rotatable bonds is 66. The lowest BCUT2D eigenvalue weighted by molar-refractivity contribution is -0.870. The third kappa shape index (κ3) is 65.7. The fourth-order valence-electron chi connectivity index (χ4n) is 10.5. The van der Waals surface area contributed by atoms with Crippen molar-refractivity contribution < 1.29 is 37.3 Å². The minimum absolute atomic E-state index is 0.0234. The van der Waals surface area contributed by atoms with Crippen molar-refractivity contribution in [1.82, 2.24) is 5.32 Å². The molecule has 0 aliphatic carbocycles. The van der Waals surface area contributed by atoms with Crippen LogP contribution in [-0.4, -0.2) is 69.4 Å². The Hall–Kier alpha value is -2.55. The fourth-order valence-corrected chi connectivity index (χ4v) is 11.2. The molecule has 0 aliphatic rings. The molecule has 0 saturated carbocycles. The standard InChI is InChI=1S/C75H139N2O7P/c1-7-10-13-16-19-22-25-27-29-31-33-35-36-37-38-39-40-42-43-45-47-49-52-55-58-61-64-67-74(78)76-72(71-83-85(80,81)82-70-69-77(4,5)6)73(66-63-60-57-54-51-24-21-18-15-12-9-3)84-75(79)68-65-62-59-56-53-50-48-46-44-41-34-32-30-28-26-23-20-17-14-11-8-2/h19-20,22-23,27-30,33,35,63,66,72-73H,7-18,21,24-26,31-32,34,36-62,64-65,67-71H2,1-6H3,(H-,76,78,80,81)/b22-19-,23-20-,29-27-,30-28-,35-33-,66-63-. The Bertz CT molecular complexity index is 1680. The van der Waals surface area contributed by atoms with Gasteiger partial charge < -0.3 is 28.5 Å². The second-order valence-electron chi connectivity index (χ2n) is 25.7. The van der Waals surface area contributed by atoms with Crippen molar-refractivity contribution in [2.45, 2.75) is 354 Å². The van der Waals surface area contributed by atoms with Crippen LogP contribution in [0.3, 0.4) is 0 Å². The number of esters is 1. The van der Waals surface area contributed by atoms with Crippen LogP contribution in [0.2, 0.25) is 0 Å². The maximum absolute atomic E-state index is 13.6. The number of nitrogens with zero attached hydrogens (tertiary/aromatic N) is 1. The van der Waals surface area contributed by atoms with Crippen LogP contribution in [-0.2, 0) is 27.9 Å². The summed E-state index contributed by atoms with van der Waals surface area (Å²) < 4.78 is 30.4. The summed E-state index contributed by atoms with van der Waals surface area (Å²) in [5.74, 6) is -0.534. The molecule has 85 heavy (non-hydrogen) atoms. The summed E-state index contributed by atoms with van der Waals surface area (Å²) in [7, 11) is 1.19. The predicted molar refractivity (Wildman–Crippen MR) is 367 cm³/mol. The molecule has 0 rings (SSSR count). The molecule has 9 nitrogen and oxygen atoms in total. The smallest absolute Gasteiger partial charge is 0.306 e. The molecule has 0 aromatic rings. The molecule has 3 unspecified atom stereocenters. The van der Waals surface area contributed by atoms with Crippen molar-refractivity contribution >= 4 is 19.7 Å². The first-order chi connectivity index (χ1) is 41.4. The van der Waals surface area contributed by atoms with Crippen molar-refractivity contribution in [3.63, 3.8) is 0 Å². The lowest BCUT2D eigenvalue weighted by Gasteiger charge is -2.30. The molecular formula is C75H139N2O7P. The Morgan fingerprint density at radius 3 is 1.09 bits per heavy atom. The Labute approximate surface area is 527 Å². The van der Waals surface area contributed by atoms with Gasteiger partial charge in [0.1, 0.15) is 19.3 Å². The van der Waals surface area contributed by atoms with Crippen LogP contribution in [0, 0.1) is 0 Å². The lowest BCUT2D eigenvalue weighted by atomic mass is 10.0. The molecule has 0 radical (unpaired) electrons. The highest BCUT2D eigenvalue weighted by Crippen LogP contribution is 2.38. The number of hydrogen-bond acceptors (Lipinski definition) is 7. The van der Waals surface area contributed by atoms with Crippen molar-refractivity contribution in [2.24, 2.45) is 0 Å². The van der Waals surface area contributed by atoms with Gasteiger partial charge in [0.15, 0.2) is 0 Å². The van der Waals surface area contributed by atoms with E-state index in [1.807, 2.05) is 33.3 Å². The number of hydrogen-bond donors (Lipinski definition) is 1. The second-order valence-corrected chi connectivity index (χ2v) is 27.1. The molecular weight excluding hydrogens is 1070 g/mol. The van der Waals surface area contributed by atoms with E-state index in [-0.39, 0.29) is 31.5 Å². The maximum atomic E-state index is 13.6. The van der Waals surface area contributed by atoms with Crippen LogP contribution in [0.4, 0.5) is 0 Å². The summed E-state index contributed by atoms with van der Waals surface area (Å²) in [6.45, 7) is 6.82. The second kappa shape index (κ2) is 64.4. The van der Waals surface area contributed by atoms with E-state index in [9.17, 15) is 19.0 Å². The van der Waals surface area contributed by atoms with E-state index in [4.69, 9.17) is 13.8 Å². The number of unbranched alkanes of at least 4 members (excludes halogenated alkanes) is 40. The summed E-state index contributed by atoms with van der Waals surface area (Å²) in [5, 5.41) is 3.04. The monoisotopic (exact) mass is 1210 g/mol. The van der Waals surface area contributed by atoms with E-state index in [1.54, 1.807) is 0 Å². The van der Waals surface area contributed by atoms with Gasteiger partial charge in [0.25, 0.3) is 7.82 Å². The Kier molecular flexibility index (Phi) is 62.5. The number of allylic oxidation sites excluding steroid dienone is 11. The molecule has 1 N–H and O–H groups in total. The largest absolute Gasteiger partial charge is 0.756 e. The number of carbonyl (C=O) groups is 2. The van der Waals surface area contributed by atoms with Gasteiger partial charge in [0.2, 0.25) is 5.91 Å². The third-order valence-corrected chi connectivity index (χ3v) is 17.1. The van der Waals surface area contributed by atoms with Crippen LogP contribution in [0.5, 0.6) is 0 Å². The number of phosphoric acid groups is 1. The van der Waals surface area contributed by atoms with E-state index in [2.05, 4.69) is 86.8 Å². The van der Waals surface area contributed by atoms with Crippen LogP contribution in [0.1, 0.15) is 342 Å². The van der Waals surface area contributed by atoms with E-state index < -0.39 is 20.0 Å². The zero-order chi connectivity index (χ0) is 62.1. The normalized spacial score (nSPS) is 13.9. The van der Waals surface area contributed by atoms with Gasteiger partial charge in [0, 0.05) is 12.8 Å². The van der Waals surface area contributed by atoms with Gasteiger partial charge >= 0.3 is 5.97 Å². The average Bonchev–Trinajstić information content (AvgIpc) is 3.64. The average molecular weight is 1210 g/mol. The molecule has 0 fully saturated rings. The number of likely N-dealkylation sites (N-methyl/N-ethyl adjacent to an activating group) is 1. The van der Waals surface area contributed by atoms with Gasteiger partial charge in [-0.15, -0.1) is 0 Å². The Morgan fingerprint density at radius 2 is 0.718 bits per heavy atom. The van der Waals surface area contributed by atoms with E-state index in [0.29, 0.717) is 17.4 Å². The molecule has 1 amide bonds. The van der Waals surface area contributed by atoms with Crippen molar-refractivity contribution in [3.8, 4) is 0 Å². The molecule has 0 aliphatic heterocycles. The Morgan fingerprint density at radius 1 is 0.412 bits per heavy atom. The maximum Gasteiger partial charge on any atom is 0.306 e. The minimum atomic E-state index is -4.71. The highest BCUT2D eigenvalue weighted by Gasteiger charge is 2.27. The molecule has 0 spiro atoms. The van der Waals surface area contributed by atoms with Gasteiger partial charge in [-0.05, 0) is 102 Å². The molecule has 0 saturated heterocycles. The van der Waals surface area contributed by atoms with Crippen LogP contribution in [0.25, 0.3) is 0 Å². The summed E-state index contributed by atoms with van der Waals surface area (Å²) in [4.78, 5) is 40.2. The summed E-state index contributed by atoms with van der Waals surface area (Å²) in [6, 6.07) is -0.892. The van der Waals surface area contributed by atoms with Crippen LogP contribution >= 0.6 is 7.82 Å². The quantitative estimate of drug-likeness (QED) is 0.0212. The van der Waals surface area contributed by atoms with E-state index in [1.165, 1.54) is 231 Å². The number of ether oxygens (including phenoxy) is 1. The summed E-state index contributed by atoms with van der Waals surface area (Å²) in [6.07, 6.45) is 84.6. The summed E-state index contributed by atoms with van der Waals surface area (Å²) in [5.41, 5.74) is 0. The predicted octanol–water partition coefficient (Wildman–Crippen LogP) is 22.5.